The summed E-state index contributed by atoms with van der Waals surface area (Å²) >= 11 is 0. The Balaban J connectivity index is 0.715. The minimum absolute atomic E-state index is 1.19. The highest BCUT2D eigenvalue weighted by atomic mass is 33.1. The summed E-state index contributed by atoms with van der Waals surface area (Å²) in [5, 5.41) is 16.9. The third-order valence-electron chi connectivity index (χ3n) is 10.2. The molecule has 0 unspecified atom stereocenters. The Bertz CT molecular complexity index is 2040. The smallest absolute Gasteiger partial charge is 0.00369 e. The summed E-state index contributed by atoms with van der Waals surface area (Å²) < 4.78 is 0. The summed E-state index contributed by atoms with van der Waals surface area (Å²) in [4.78, 5) is 0. The van der Waals surface area contributed by atoms with Crippen molar-refractivity contribution in [3.8, 4) is 0 Å². The van der Waals surface area contributed by atoms with Crippen molar-refractivity contribution < 1.29 is 0 Å². The highest BCUT2D eigenvalue weighted by molar-refractivity contribution is 8.76. The molecule has 8 rings (SSSR count). The van der Waals surface area contributed by atoms with Crippen LogP contribution in [-0.4, -0.2) is 11.5 Å². The lowest BCUT2D eigenvalue weighted by molar-refractivity contribution is 0.671. The molecule has 46 heavy (non-hydrogen) atoms. The minimum atomic E-state index is 1.19. The Labute approximate surface area is 281 Å². The van der Waals surface area contributed by atoms with E-state index in [9.17, 15) is 0 Å². The van der Waals surface area contributed by atoms with Crippen molar-refractivity contribution in [2.45, 2.75) is 64.2 Å². The SMILES string of the molecule is c1cc2ccc3ccc(CCCCCCSSCCCCCCc4ccc5ccc6cccc7ccc4c5c67)c4ccc(c1)c2c34. The lowest BCUT2D eigenvalue weighted by Crippen LogP contribution is -1.91. The highest BCUT2D eigenvalue weighted by Gasteiger charge is 2.12. The number of hydrogen-bond acceptors (Lipinski definition) is 2. The van der Waals surface area contributed by atoms with Crippen LogP contribution in [0, 0.1) is 0 Å². The molecule has 8 aromatic rings. The molecule has 230 valence electrons. The predicted molar refractivity (Wildman–Crippen MR) is 210 cm³/mol. The molecule has 0 saturated heterocycles. The summed E-state index contributed by atoms with van der Waals surface area (Å²) in [6, 6.07) is 41.3. The van der Waals surface area contributed by atoms with E-state index in [-0.39, 0.29) is 0 Å². The molecule has 0 aliphatic rings. The summed E-state index contributed by atoms with van der Waals surface area (Å²) in [5.74, 6) is 2.58. The Morgan fingerprint density at radius 3 is 1.09 bits per heavy atom. The van der Waals surface area contributed by atoms with Gasteiger partial charge in [0.2, 0.25) is 0 Å². The van der Waals surface area contributed by atoms with Crippen molar-refractivity contribution in [3.63, 3.8) is 0 Å². The molecule has 2 heteroatoms. The second-order valence-electron chi connectivity index (χ2n) is 13.1. The Morgan fingerprint density at radius 1 is 0.304 bits per heavy atom. The summed E-state index contributed by atoms with van der Waals surface area (Å²) in [6.45, 7) is 0. The number of aryl methyl sites for hydroxylation is 2. The van der Waals surface area contributed by atoms with Gasteiger partial charge in [0.05, 0.1) is 0 Å². The zero-order valence-electron chi connectivity index (χ0n) is 26.7. The molecular formula is C44H42S2. The van der Waals surface area contributed by atoms with E-state index in [2.05, 4.69) is 131 Å². The Morgan fingerprint density at radius 2 is 0.652 bits per heavy atom. The van der Waals surface area contributed by atoms with Gasteiger partial charge >= 0.3 is 0 Å². The molecule has 0 amide bonds. The van der Waals surface area contributed by atoms with Crippen LogP contribution in [0.5, 0.6) is 0 Å². The van der Waals surface area contributed by atoms with Crippen LogP contribution in [0.15, 0.2) is 109 Å². The van der Waals surface area contributed by atoms with Crippen LogP contribution >= 0.6 is 21.6 Å². The van der Waals surface area contributed by atoms with Crippen LogP contribution in [0.25, 0.3) is 64.6 Å². The van der Waals surface area contributed by atoms with Crippen molar-refractivity contribution in [1.82, 2.24) is 0 Å². The molecule has 0 atom stereocenters. The monoisotopic (exact) mass is 634 g/mol. The molecule has 0 N–H and O–H groups in total. The van der Waals surface area contributed by atoms with Gasteiger partial charge in [-0.2, -0.15) is 0 Å². The van der Waals surface area contributed by atoms with E-state index in [1.54, 1.807) is 0 Å². The van der Waals surface area contributed by atoms with E-state index in [1.165, 1.54) is 151 Å². The summed E-state index contributed by atoms with van der Waals surface area (Å²) in [5.41, 5.74) is 3.04. The first-order chi connectivity index (χ1) is 22.8. The normalized spacial score (nSPS) is 12.3. The fraction of sp³-hybridized carbons (Fsp3) is 0.273. The van der Waals surface area contributed by atoms with Gasteiger partial charge in [-0.1, -0.05) is 156 Å². The van der Waals surface area contributed by atoms with Gasteiger partial charge in [-0.15, -0.1) is 0 Å². The van der Waals surface area contributed by atoms with Crippen molar-refractivity contribution in [2.24, 2.45) is 0 Å². The standard InChI is InChI=1S/C44H42S2/c1(5-11-31-17-19-37-23-21-33-13-9-15-35-25-27-39(31)43(37)41(33)35)3-7-29-45-46-30-8-4-2-6-12-32-18-20-38-24-22-34-14-10-16-36-26-28-40(32)44(38)42(34)36/h9-10,13-28H,1-8,11-12,29-30H2. The van der Waals surface area contributed by atoms with Crippen molar-refractivity contribution in [2.75, 3.05) is 11.5 Å². The van der Waals surface area contributed by atoms with Gasteiger partial charge in [0.15, 0.2) is 0 Å². The summed E-state index contributed by atoms with van der Waals surface area (Å²) in [7, 11) is 4.19. The number of rotatable bonds is 15. The van der Waals surface area contributed by atoms with E-state index in [4.69, 9.17) is 0 Å². The fourth-order valence-corrected chi connectivity index (χ4v) is 10.1. The third kappa shape index (κ3) is 5.91. The van der Waals surface area contributed by atoms with Gasteiger partial charge in [-0.25, -0.2) is 0 Å². The average molecular weight is 635 g/mol. The van der Waals surface area contributed by atoms with Crippen molar-refractivity contribution >= 4 is 86.2 Å². The van der Waals surface area contributed by atoms with Crippen LogP contribution in [0.2, 0.25) is 0 Å². The molecule has 0 bridgehead atoms. The fourth-order valence-electron chi connectivity index (χ4n) is 7.81. The van der Waals surface area contributed by atoms with Crippen molar-refractivity contribution in [1.29, 1.82) is 0 Å². The molecule has 0 radical (unpaired) electrons. The molecule has 0 heterocycles. The maximum absolute atomic E-state index is 2.38. The van der Waals surface area contributed by atoms with E-state index < -0.39 is 0 Å². The largest absolute Gasteiger partial charge is 0.0942 e. The highest BCUT2D eigenvalue weighted by Crippen LogP contribution is 2.38. The zero-order chi connectivity index (χ0) is 30.7. The van der Waals surface area contributed by atoms with E-state index in [0.29, 0.717) is 0 Å². The lowest BCUT2D eigenvalue weighted by Gasteiger charge is -2.14. The first-order valence-electron chi connectivity index (χ1n) is 17.4. The van der Waals surface area contributed by atoms with Gasteiger partial charge in [0, 0.05) is 11.5 Å². The number of unbranched alkanes of at least 4 members (excludes halogenated alkanes) is 6. The van der Waals surface area contributed by atoms with Gasteiger partial charge in [-0.05, 0) is 114 Å². The molecule has 0 aromatic heterocycles. The molecule has 0 aliphatic carbocycles. The molecule has 0 fully saturated rings. The van der Waals surface area contributed by atoms with Crippen LogP contribution in [0.3, 0.4) is 0 Å². The lowest BCUT2D eigenvalue weighted by atomic mass is 9.90. The minimum Gasteiger partial charge on any atom is -0.0942 e. The Kier molecular flexibility index (Phi) is 8.92. The van der Waals surface area contributed by atoms with Crippen LogP contribution in [0.1, 0.15) is 62.5 Å². The number of benzene rings is 8. The summed E-state index contributed by atoms with van der Waals surface area (Å²) in [6.07, 6.45) is 13.0. The predicted octanol–water partition coefficient (Wildman–Crippen LogP) is 13.8. The van der Waals surface area contributed by atoms with Crippen molar-refractivity contribution in [3.05, 3.63) is 120 Å². The number of hydrogen-bond donors (Lipinski definition) is 0. The van der Waals surface area contributed by atoms with Crippen LogP contribution in [-0.2, 0) is 12.8 Å². The quantitative estimate of drug-likeness (QED) is 0.0625. The van der Waals surface area contributed by atoms with E-state index >= 15 is 0 Å². The second-order valence-corrected chi connectivity index (χ2v) is 15.8. The van der Waals surface area contributed by atoms with Gasteiger partial charge < -0.3 is 0 Å². The maximum Gasteiger partial charge on any atom is 0.00369 e. The first-order valence-corrected chi connectivity index (χ1v) is 19.9. The molecular weight excluding hydrogens is 593 g/mol. The molecule has 0 saturated carbocycles. The van der Waals surface area contributed by atoms with Crippen LogP contribution < -0.4 is 0 Å². The van der Waals surface area contributed by atoms with Gasteiger partial charge in [0.1, 0.15) is 0 Å². The van der Waals surface area contributed by atoms with E-state index in [1.807, 2.05) is 0 Å². The van der Waals surface area contributed by atoms with Gasteiger partial charge in [-0.3, -0.25) is 0 Å². The molecule has 8 aromatic carbocycles. The molecule has 0 aliphatic heterocycles. The average Bonchev–Trinajstić information content (AvgIpc) is 3.10. The molecule has 0 nitrogen and oxygen atoms in total. The van der Waals surface area contributed by atoms with E-state index in [0.717, 1.165) is 0 Å². The third-order valence-corrected chi connectivity index (χ3v) is 12.7. The maximum atomic E-state index is 2.38. The van der Waals surface area contributed by atoms with Gasteiger partial charge in [0.25, 0.3) is 0 Å². The first kappa shape index (κ1) is 29.9. The topological polar surface area (TPSA) is 0 Å². The van der Waals surface area contributed by atoms with Crippen LogP contribution in [0.4, 0.5) is 0 Å². The zero-order valence-corrected chi connectivity index (χ0v) is 28.3. The Hall–Kier alpha value is -3.46. The molecule has 0 spiro atoms. The second kappa shape index (κ2) is 13.7.